The van der Waals surface area contributed by atoms with Crippen LogP contribution in [-0.2, 0) is 14.3 Å². The Balaban J connectivity index is 1.59. The van der Waals surface area contributed by atoms with Crippen LogP contribution in [0.3, 0.4) is 0 Å². The van der Waals surface area contributed by atoms with Crippen molar-refractivity contribution >= 4 is 24.4 Å². The lowest BCUT2D eigenvalue weighted by Crippen LogP contribution is -2.35. The van der Waals surface area contributed by atoms with E-state index in [4.69, 9.17) is 14.3 Å². The molecular formula is C23H34N4O4. The number of methoxy groups -OCH3 is 1. The predicted octanol–water partition coefficient (Wildman–Crippen LogP) is 3.55. The Morgan fingerprint density at radius 2 is 1.90 bits per heavy atom. The second kappa shape index (κ2) is 10.1. The number of hydrogen-bond donors (Lipinski definition) is 0. The molecule has 1 aromatic carbocycles. The number of anilines is 1. The van der Waals surface area contributed by atoms with Gasteiger partial charge in [-0.2, -0.15) is 0 Å². The van der Waals surface area contributed by atoms with Crippen molar-refractivity contribution in [2.24, 2.45) is 16.1 Å². The van der Waals surface area contributed by atoms with Crippen molar-refractivity contribution in [1.82, 2.24) is 4.90 Å². The number of carbonyl (C=O) groups is 1. The smallest absolute Gasteiger partial charge is 0.410 e. The number of amides is 1. The molecule has 1 amide bonds. The summed E-state index contributed by atoms with van der Waals surface area (Å²) in [5.41, 5.74) is 1.51. The van der Waals surface area contributed by atoms with Crippen LogP contribution >= 0.6 is 0 Å². The van der Waals surface area contributed by atoms with Crippen LogP contribution in [0, 0.1) is 5.92 Å². The third-order valence-corrected chi connectivity index (χ3v) is 5.54. The van der Waals surface area contributed by atoms with Crippen molar-refractivity contribution in [3.05, 3.63) is 29.8 Å². The monoisotopic (exact) mass is 430 g/mol. The molecule has 2 saturated heterocycles. The summed E-state index contributed by atoms with van der Waals surface area (Å²) in [7, 11) is 1.76. The summed E-state index contributed by atoms with van der Waals surface area (Å²) in [6.45, 7) is 12.8. The van der Waals surface area contributed by atoms with Crippen LogP contribution in [0.4, 0.5) is 10.5 Å². The van der Waals surface area contributed by atoms with E-state index in [9.17, 15) is 4.79 Å². The number of aliphatic imine (C=N–C) groups is 1. The zero-order chi connectivity index (χ0) is 22.4. The fourth-order valence-electron chi connectivity index (χ4n) is 3.89. The maximum atomic E-state index is 12.3. The second-order valence-corrected chi connectivity index (χ2v) is 9.09. The van der Waals surface area contributed by atoms with Crippen molar-refractivity contribution in [3.63, 3.8) is 0 Å². The van der Waals surface area contributed by atoms with E-state index in [1.807, 2.05) is 32.9 Å². The number of oxime groups is 1. The lowest BCUT2D eigenvalue weighted by molar-refractivity contribution is 0.0289. The van der Waals surface area contributed by atoms with Gasteiger partial charge in [0.05, 0.1) is 6.10 Å². The summed E-state index contributed by atoms with van der Waals surface area (Å²) in [4.78, 5) is 26.3. The summed E-state index contributed by atoms with van der Waals surface area (Å²) < 4.78 is 10.9. The first kappa shape index (κ1) is 23.1. The maximum Gasteiger partial charge on any atom is 0.410 e. The highest BCUT2D eigenvalue weighted by molar-refractivity contribution is 5.94. The Morgan fingerprint density at radius 3 is 2.52 bits per heavy atom. The number of ether oxygens (including phenoxy) is 2. The van der Waals surface area contributed by atoms with E-state index >= 15 is 0 Å². The fraction of sp³-hybridized carbons (Fsp3) is 0.609. The van der Waals surface area contributed by atoms with Gasteiger partial charge in [0.25, 0.3) is 5.90 Å². The van der Waals surface area contributed by atoms with Crippen molar-refractivity contribution in [1.29, 1.82) is 0 Å². The van der Waals surface area contributed by atoms with Crippen molar-refractivity contribution in [2.75, 3.05) is 44.7 Å². The van der Waals surface area contributed by atoms with Gasteiger partial charge < -0.3 is 24.1 Å². The second-order valence-electron chi connectivity index (χ2n) is 9.09. The van der Waals surface area contributed by atoms with Crippen LogP contribution in [-0.4, -0.2) is 75.1 Å². The molecule has 8 nitrogen and oxygen atoms in total. The molecule has 2 unspecified atom stereocenters. The topological polar surface area (TPSA) is 76.0 Å². The first-order valence-electron chi connectivity index (χ1n) is 10.8. The van der Waals surface area contributed by atoms with E-state index in [-0.39, 0.29) is 18.1 Å². The lowest BCUT2D eigenvalue weighted by Gasteiger charge is -2.24. The van der Waals surface area contributed by atoms with E-state index in [0.29, 0.717) is 25.5 Å². The minimum absolute atomic E-state index is 0.255. The Bertz CT molecular complexity index is 788. The van der Waals surface area contributed by atoms with Gasteiger partial charge in [0.15, 0.2) is 0 Å². The molecule has 8 heteroatoms. The molecule has 2 atom stereocenters. The normalized spacial score (nSPS) is 22.0. The predicted molar refractivity (Wildman–Crippen MR) is 122 cm³/mol. The Morgan fingerprint density at radius 1 is 1.16 bits per heavy atom. The highest BCUT2D eigenvalue weighted by Gasteiger charge is 2.30. The zero-order valence-electron chi connectivity index (χ0n) is 19.0. The van der Waals surface area contributed by atoms with E-state index in [1.165, 1.54) is 0 Å². The van der Waals surface area contributed by atoms with Crippen molar-refractivity contribution < 1.29 is 19.1 Å². The molecule has 2 aliphatic heterocycles. The molecule has 170 valence electrons. The largest absolute Gasteiger partial charge is 0.444 e. The zero-order valence-corrected chi connectivity index (χ0v) is 19.0. The maximum absolute atomic E-state index is 12.3. The summed E-state index contributed by atoms with van der Waals surface area (Å²) >= 11 is 0. The molecule has 31 heavy (non-hydrogen) atoms. The van der Waals surface area contributed by atoms with Gasteiger partial charge in [0, 0.05) is 57.8 Å². The molecule has 3 rings (SSSR count). The standard InChI is InChI=1S/C23H34N4O4/c1-23(2,3)30-22(28)27-12-10-17(15-27)14-25-21(31-24-4)18-6-8-19(9-7-18)26-13-11-20(16-26)29-5/h6-9,17,20H,4,10-16H2,1-3,5H3/b25-21-. The number of hydrogen-bond acceptors (Lipinski definition) is 7. The van der Waals surface area contributed by atoms with E-state index in [0.717, 1.165) is 37.2 Å². The van der Waals surface area contributed by atoms with Crippen LogP contribution in [0.2, 0.25) is 0 Å². The molecule has 0 saturated carbocycles. The first-order valence-corrected chi connectivity index (χ1v) is 10.8. The van der Waals surface area contributed by atoms with Crippen LogP contribution in [0.15, 0.2) is 34.4 Å². The van der Waals surface area contributed by atoms with Gasteiger partial charge in [-0.25, -0.2) is 9.79 Å². The molecule has 0 bridgehead atoms. The number of rotatable bonds is 6. The Hall–Kier alpha value is -2.61. The van der Waals surface area contributed by atoms with Crippen LogP contribution in [0.1, 0.15) is 39.2 Å². The van der Waals surface area contributed by atoms with Crippen molar-refractivity contribution in [3.8, 4) is 0 Å². The quantitative estimate of drug-likeness (QED) is 0.392. The van der Waals surface area contributed by atoms with Gasteiger partial charge in [-0.1, -0.05) is 5.16 Å². The number of nitrogens with zero attached hydrogens (tertiary/aromatic N) is 4. The van der Waals surface area contributed by atoms with E-state index in [2.05, 4.69) is 33.9 Å². The minimum Gasteiger partial charge on any atom is -0.444 e. The molecule has 2 heterocycles. The van der Waals surface area contributed by atoms with Gasteiger partial charge in [-0.3, -0.25) is 0 Å². The summed E-state index contributed by atoms with van der Waals surface area (Å²) in [6, 6.07) is 8.10. The highest BCUT2D eigenvalue weighted by Crippen LogP contribution is 2.23. The van der Waals surface area contributed by atoms with Gasteiger partial charge in [0.1, 0.15) is 5.60 Å². The molecule has 2 aliphatic rings. The summed E-state index contributed by atoms with van der Waals surface area (Å²) in [5.74, 6) is 0.694. The highest BCUT2D eigenvalue weighted by atomic mass is 16.6. The molecular weight excluding hydrogens is 396 g/mol. The first-order chi connectivity index (χ1) is 14.8. The number of likely N-dealkylation sites (tertiary alicyclic amines) is 1. The SMILES string of the molecule is C=NO/C(=N\CC1CCN(C(=O)OC(C)(C)C)C1)c1ccc(N2CCC(OC)C2)cc1. The summed E-state index contributed by atoms with van der Waals surface area (Å²) in [6.07, 6.45) is 1.94. The van der Waals surface area contributed by atoms with Crippen LogP contribution < -0.4 is 4.90 Å². The molecule has 0 N–H and O–H groups in total. The van der Waals surface area contributed by atoms with E-state index < -0.39 is 5.60 Å². The van der Waals surface area contributed by atoms with Crippen LogP contribution in [0.25, 0.3) is 0 Å². The Labute approximate surface area is 184 Å². The Kier molecular flexibility index (Phi) is 7.54. The van der Waals surface area contributed by atoms with E-state index in [1.54, 1.807) is 12.0 Å². The van der Waals surface area contributed by atoms with Crippen LogP contribution in [0.5, 0.6) is 0 Å². The number of benzene rings is 1. The molecule has 1 aromatic rings. The lowest BCUT2D eigenvalue weighted by atomic mass is 10.1. The average Bonchev–Trinajstić information content (AvgIpc) is 3.40. The fourth-order valence-corrected chi connectivity index (χ4v) is 3.89. The average molecular weight is 431 g/mol. The molecule has 0 spiro atoms. The van der Waals surface area contributed by atoms with Gasteiger partial charge in [-0.15, -0.1) is 0 Å². The van der Waals surface area contributed by atoms with Gasteiger partial charge >= 0.3 is 6.09 Å². The molecule has 0 aliphatic carbocycles. The minimum atomic E-state index is -0.490. The van der Waals surface area contributed by atoms with Gasteiger partial charge in [-0.05, 0) is 63.8 Å². The number of carbonyl (C=O) groups excluding carboxylic acids is 1. The summed E-state index contributed by atoms with van der Waals surface area (Å²) in [5, 5.41) is 3.57. The third-order valence-electron chi connectivity index (χ3n) is 5.54. The molecule has 2 fully saturated rings. The van der Waals surface area contributed by atoms with Crippen molar-refractivity contribution in [2.45, 2.75) is 45.3 Å². The third kappa shape index (κ3) is 6.43. The molecule has 0 aromatic heterocycles. The molecule has 0 radical (unpaired) electrons. The van der Waals surface area contributed by atoms with Gasteiger partial charge in [0.2, 0.25) is 0 Å².